The van der Waals surface area contributed by atoms with Crippen molar-refractivity contribution in [2.24, 2.45) is 4.99 Å². The molecule has 0 radical (unpaired) electrons. The third kappa shape index (κ3) is 5.13. The van der Waals surface area contributed by atoms with Crippen LogP contribution < -0.4 is 5.32 Å². The van der Waals surface area contributed by atoms with E-state index in [4.69, 9.17) is 4.99 Å². The minimum atomic E-state index is -1.11. The van der Waals surface area contributed by atoms with Crippen molar-refractivity contribution in [3.8, 4) is 0 Å². The molecule has 1 amide bonds. The van der Waals surface area contributed by atoms with Crippen LogP contribution in [0.5, 0.6) is 0 Å². The fourth-order valence-corrected chi connectivity index (χ4v) is 7.23. The SMILES string of the molecule is Cc1ccc(C23N=C(c4ccccc4)C(c4ccccc4)=C2C(C(=O)c2ccccc2)=C(NC(=O)c2ccccc2)c2ccc(C)cc23)cc1. The van der Waals surface area contributed by atoms with E-state index in [0.717, 1.165) is 55.8 Å². The molecule has 2 aliphatic rings. The standard InChI is InChI=1S/C46H34N2O2/c1-30-23-26-36(27-24-30)46-38-29-31(2)25-28-37(38)43(47-45(50)35-21-13-6-14-22-35)40(44(49)34-19-11-5-12-20-34)41(46)39(32-15-7-3-8-16-32)42(48-46)33-17-9-4-10-18-33/h3-29H,1-2H3,(H,47,50). The van der Waals surface area contributed by atoms with Crippen molar-refractivity contribution in [2.75, 3.05) is 0 Å². The Kier molecular flexibility index (Phi) is 7.77. The van der Waals surface area contributed by atoms with E-state index >= 15 is 4.79 Å². The highest BCUT2D eigenvalue weighted by atomic mass is 16.2. The number of allylic oxidation sites excluding steroid dienone is 1. The summed E-state index contributed by atoms with van der Waals surface area (Å²) in [7, 11) is 0. The maximum Gasteiger partial charge on any atom is 0.255 e. The molecular weight excluding hydrogens is 613 g/mol. The van der Waals surface area contributed by atoms with E-state index in [2.05, 4.69) is 73.8 Å². The second-order valence-electron chi connectivity index (χ2n) is 12.8. The van der Waals surface area contributed by atoms with E-state index < -0.39 is 5.54 Å². The molecule has 1 unspecified atom stereocenters. The van der Waals surface area contributed by atoms with E-state index in [1.165, 1.54) is 0 Å². The number of benzene rings is 6. The number of nitrogens with one attached hydrogen (secondary N) is 1. The van der Waals surface area contributed by atoms with Gasteiger partial charge in [-0.05, 0) is 42.7 Å². The van der Waals surface area contributed by atoms with Crippen LogP contribution in [0.3, 0.4) is 0 Å². The molecule has 6 aromatic rings. The Balaban J connectivity index is 1.57. The molecule has 0 spiro atoms. The average molecular weight is 647 g/mol. The van der Waals surface area contributed by atoms with Gasteiger partial charge < -0.3 is 5.32 Å². The molecule has 1 aliphatic carbocycles. The molecule has 0 aromatic heterocycles. The Morgan fingerprint density at radius 1 is 0.580 bits per heavy atom. The summed E-state index contributed by atoms with van der Waals surface area (Å²) in [6, 6.07) is 53.4. The number of aryl methyl sites for hydroxylation is 2. The lowest BCUT2D eigenvalue weighted by Crippen LogP contribution is -2.38. The lowest BCUT2D eigenvalue weighted by Gasteiger charge is -2.39. The van der Waals surface area contributed by atoms with E-state index in [-0.39, 0.29) is 11.7 Å². The zero-order valence-electron chi connectivity index (χ0n) is 27.9. The van der Waals surface area contributed by atoms with Gasteiger partial charge in [0.2, 0.25) is 0 Å². The lowest BCUT2D eigenvalue weighted by molar-refractivity contribution is 0.0973. The van der Waals surface area contributed by atoms with Crippen LogP contribution in [-0.4, -0.2) is 17.4 Å². The van der Waals surface area contributed by atoms with Gasteiger partial charge in [-0.3, -0.25) is 14.6 Å². The van der Waals surface area contributed by atoms with Gasteiger partial charge in [0, 0.05) is 33.4 Å². The van der Waals surface area contributed by atoms with Gasteiger partial charge in [0.05, 0.1) is 17.0 Å². The Hall–Kier alpha value is -6.39. The van der Waals surface area contributed by atoms with Crippen LogP contribution in [0.15, 0.2) is 180 Å². The fraction of sp³-hybridized carbons (Fsp3) is 0.0652. The first-order valence-electron chi connectivity index (χ1n) is 16.8. The lowest BCUT2D eigenvalue weighted by atomic mass is 9.66. The first-order chi connectivity index (χ1) is 24.5. The Morgan fingerprint density at radius 2 is 1.12 bits per heavy atom. The number of fused-ring (bicyclic) bond motifs is 3. The van der Waals surface area contributed by atoms with Crippen LogP contribution in [0.1, 0.15) is 59.7 Å². The molecule has 4 heteroatoms. The van der Waals surface area contributed by atoms with Crippen LogP contribution in [0.4, 0.5) is 0 Å². The largest absolute Gasteiger partial charge is 0.321 e. The van der Waals surface area contributed by atoms with Crippen LogP contribution in [-0.2, 0) is 5.54 Å². The average Bonchev–Trinajstić information content (AvgIpc) is 3.53. The predicted octanol–water partition coefficient (Wildman–Crippen LogP) is 9.54. The van der Waals surface area contributed by atoms with Gasteiger partial charge >= 0.3 is 0 Å². The van der Waals surface area contributed by atoms with Gasteiger partial charge in [0.25, 0.3) is 5.91 Å². The minimum Gasteiger partial charge on any atom is -0.321 e. The zero-order valence-corrected chi connectivity index (χ0v) is 27.9. The van der Waals surface area contributed by atoms with E-state index in [0.29, 0.717) is 22.4 Å². The topological polar surface area (TPSA) is 58.5 Å². The monoisotopic (exact) mass is 646 g/mol. The van der Waals surface area contributed by atoms with Gasteiger partial charge in [0.1, 0.15) is 5.54 Å². The third-order valence-corrected chi connectivity index (χ3v) is 9.58. The number of carbonyl (C=O) groups excluding carboxylic acids is 2. The predicted molar refractivity (Wildman–Crippen MR) is 201 cm³/mol. The molecule has 1 heterocycles. The first-order valence-corrected chi connectivity index (χ1v) is 16.8. The van der Waals surface area contributed by atoms with Crippen molar-refractivity contribution < 1.29 is 9.59 Å². The third-order valence-electron chi connectivity index (χ3n) is 9.58. The molecule has 0 saturated heterocycles. The molecule has 4 nitrogen and oxygen atoms in total. The fourth-order valence-electron chi connectivity index (χ4n) is 7.23. The summed E-state index contributed by atoms with van der Waals surface area (Å²) in [6.45, 7) is 4.14. The van der Waals surface area contributed by atoms with Crippen LogP contribution >= 0.6 is 0 Å². The molecule has 0 bridgehead atoms. The van der Waals surface area contributed by atoms with Crippen LogP contribution in [0.2, 0.25) is 0 Å². The number of Topliss-reactive ketones (excluding diaryl/α,β-unsaturated/α-hetero) is 1. The summed E-state index contributed by atoms with van der Waals surface area (Å²) in [6.07, 6.45) is 0. The number of ketones is 1. The smallest absolute Gasteiger partial charge is 0.255 e. The van der Waals surface area contributed by atoms with Gasteiger partial charge in [-0.25, -0.2) is 0 Å². The quantitative estimate of drug-likeness (QED) is 0.176. The number of rotatable bonds is 7. The second-order valence-corrected chi connectivity index (χ2v) is 12.8. The molecule has 0 saturated carbocycles. The minimum absolute atomic E-state index is 0.190. The summed E-state index contributed by atoms with van der Waals surface area (Å²) in [5.74, 6) is -0.484. The maximum absolute atomic E-state index is 15.3. The van der Waals surface area contributed by atoms with Crippen molar-refractivity contribution in [3.63, 3.8) is 0 Å². The van der Waals surface area contributed by atoms with E-state index in [1.54, 1.807) is 12.1 Å². The number of amides is 1. The Morgan fingerprint density at radius 3 is 1.74 bits per heavy atom. The van der Waals surface area contributed by atoms with Gasteiger partial charge in [0.15, 0.2) is 5.78 Å². The van der Waals surface area contributed by atoms with Crippen molar-refractivity contribution >= 4 is 28.7 Å². The Bertz CT molecular complexity index is 2360. The van der Waals surface area contributed by atoms with Crippen molar-refractivity contribution in [1.82, 2.24) is 5.32 Å². The molecule has 0 fully saturated rings. The zero-order chi connectivity index (χ0) is 34.2. The maximum atomic E-state index is 15.3. The number of hydrogen-bond donors (Lipinski definition) is 1. The van der Waals surface area contributed by atoms with Crippen molar-refractivity contribution in [1.29, 1.82) is 0 Å². The summed E-state index contributed by atoms with van der Waals surface area (Å²) in [5.41, 5.74) is 9.85. The molecule has 1 N–H and O–H groups in total. The summed E-state index contributed by atoms with van der Waals surface area (Å²) in [5, 5.41) is 3.26. The highest BCUT2D eigenvalue weighted by Gasteiger charge is 2.53. The number of nitrogens with zero attached hydrogens (tertiary/aromatic N) is 1. The molecule has 240 valence electrons. The van der Waals surface area contributed by atoms with Crippen LogP contribution in [0, 0.1) is 13.8 Å². The van der Waals surface area contributed by atoms with E-state index in [1.807, 2.05) is 97.1 Å². The summed E-state index contributed by atoms with van der Waals surface area (Å²) >= 11 is 0. The van der Waals surface area contributed by atoms with Crippen molar-refractivity contribution in [3.05, 3.63) is 225 Å². The summed E-state index contributed by atoms with van der Waals surface area (Å²) < 4.78 is 0. The molecule has 6 aromatic carbocycles. The Labute approximate surface area is 292 Å². The van der Waals surface area contributed by atoms with Crippen LogP contribution in [0.25, 0.3) is 11.3 Å². The molecule has 1 aliphatic heterocycles. The van der Waals surface area contributed by atoms with E-state index in [9.17, 15) is 4.79 Å². The first kappa shape index (κ1) is 30.9. The van der Waals surface area contributed by atoms with Gasteiger partial charge in [-0.15, -0.1) is 0 Å². The molecular formula is C46H34N2O2. The van der Waals surface area contributed by atoms with Gasteiger partial charge in [-0.1, -0.05) is 163 Å². The molecule has 50 heavy (non-hydrogen) atoms. The number of carbonyl (C=O) groups is 2. The molecule has 8 rings (SSSR count). The highest BCUT2D eigenvalue weighted by Crippen LogP contribution is 2.58. The number of aliphatic imine (C=N–C) groups is 1. The highest BCUT2D eigenvalue weighted by molar-refractivity contribution is 6.38. The molecule has 1 atom stereocenters. The second kappa shape index (κ2) is 12.6. The normalized spacial score (nSPS) is 16.4. The number of hydrogen-bond acceptors (Lipinski definition) is 3. The summed E-state index contributed by atoms with van der Waals surface area (Å²) in [4.78, 5) is 35.2. The van der Waals surface area contributed by atoms with Crippen molar-refractivity contribution in [2.45, 2.75) is 19.4 Å². The van der Waals surface area contributed by atoms with Gasteiger partial charge in [-0.2, -0.15) is 0 Å².